The van der Waals surface area contributed by atoms with Crippen LogP contribution in [0.4, 0.5) is 0 Å². The van der Waals surface area contributed by atoms with Gasteiger partial charge in [-0.25, -0.2) is 4.57 Å². The van der Waals surface area contributed by atoms with Gasteiger partial charge in [-0.2, -0.15) is 0 Å². The number of benzene rings is 2. The van der Waals surface area contributed by atoms with Crippen LogP contribution in [0.3, 0.4) is 0 Å². The van der Waals surface area contributed by atoms with E-state index in [4.69, 9.17) is 13.6 Å². The fraction of sp³-hybridized carbons (Fsp3) is 0.531. The van der Waals surface area contributed by atoms with Gasteiger partial charge in [-0.1, -0.05) is 74.5 Å². The SMILES string of the molecule is CCN(CC)C(COP(=O)(OC)OCCCc1ccccc1)CN(CC(=O)O)CC(Cc1ccccc1)N(CC(=O)O)CC(=O)O. The van der Waals surface area contributed by atoms with Crippen LogP contribution in [0.1, 0.15) is 31.4 Å². The molecule has 0 bridgehead atoms. The quantitative estimate of drug-likeness (QED) is 0.104. The van der Waals surface area contributed by atoms with Crippen LogP contribution in [0, 0.1) is 0 Å². The first-order chi connectivity index (χ1) is 22.0. The average molecular weight is 666 g/mol. The molecule has 13 nitrogen and oxygen atoms in total. The maximum absolute atomic E-state index is 13.3. The molecular formula is C32H48N3O10P. The highest BCUT2D eigenvalue weighted by atomic mass is 31.2. The van der Waals surface area contributed by atoms with Crippen molar-refractivity contribution in [3.63, 3.8) is 0 Å². The molecule has 0 aliphatic heterocycles. The predicted molar refractivity (Wildman–Crippen MR) is 173 cm³/mol. The van der Waals surface area contributed by atoms with Crippen LogP contribution in [0.25, 0.3) is 0 Å². The van der Waals surface area contributed by atoms with Crippen LogP contribution in [-0.2, 0) is 45.4 Å². The summed E-state index contributed by atoms with van der Waals surface area (Å²) in [6, 6.07) is 17.9. The van der Waals surface area contributed by atoms with Gasteiger partial charge in [0.25, 0.3) is 0 Å². The molecule has 2 aromatic rings. The van der Waals surface area contributed by atoms with Gasteiger partial charge in [-0.05, 0) is 43.5 Å². The maximum Gasteiger partial charge on any atom is 0.474 e. The van der Waals surface area contributed by atoms with Crippen molar-refractivity contribution in [2.75, 3.05) is 66.1 Å². The van der Waals surface area contributed by atoms with Crippen molar-refractivity contribution in [1.82, 2.24) is 14.7 Å². The van der Waals surface area contributed by atoms with Crippen LogP contribution in [0.2, 0.25) is 0 Å². The molecule has 2 aromatic carbocycles. The van der Waals surface area contributed by atoms with E-state index in [2.05, 4.69) is 0 Å². The third-order valence-electron chi connectivity index (χ3n) is 7.48. The first-order valence-corrected chi connectivity index (χ1v) is 16.8. The van der Waals surface area contributed by atoms with Crippen LogP contribution in [0.5, 0.6) is 0 Å². The fourth-order valence-corrected chi connectivity index (χ4v) is 6.27. The minimum atomic E-state index is -3.93. The monoisotopic (exact) mass is 665 g/mol. The van der Waals surface area contributed by atoms with Crippen molar-refractivity contribution in [3.05, 3.63) is 71.8 Å². The molecule has 0 aromatic heterocycles. The van der Waals surface area contributed by atoms with E-state index in [1.165, 1.54) is 12.0 Å². The smallest absolute Gasteiger partial charge is 0.474 e. The van der Waals surface area contributed by atoms with Crippen LogP contribution in [0.15, 0.2) is 60.7 Å². The Balaban J connectivity index is 2.24. The molecule has 2 rings (SSSR count). The summed E-state index contributed by atoms with van der Waals surface area (Å²) in [6.07, 6.45) is 1.61. The van der Waals surface area contributed by atoms with Gasteiger partial charge in [0, 0.05) is 32.3 Å². The molecule has 0 spiro atoms. The van der Waals surface area contributed by atoms with Gasteiger partial charge >= 0.3 is 25.7 Å². The number of hydrogen-bond donors (Lipinski definition) is 3. The molecule has 14 heteroatoms. The summed E-state index contributed by atoms with van der Waals surface area (Å²) >= 11 is 0. The van der Waals surface area contributed by atoms with E-state index in [1.807, 2.05) is 79.4 Å². The Morgan fingerprint density at radius 3 is 1.76 bits per heavy atom. The van der Waals surface area contributed by atoms with Crippen molar-refractivity contribution in [3.8, 4) is 0 Å². The first kappa shape index (κ1) is 39.0. The molecule has 3 atom stereocenters. The van der Waals surface area contributed by atoms with E-state index < -0.39 is 57.4 Å². The Kier molecular flexibility index (Phi) is 17.7. The lowest BCUT2D eigenvalue weighted by Gasteiger charge is -2.37. The van der Waals surface area contributed by atoms with Gasteiger partial charge < -0.3 is 15.3 Å². The number of carbonyl (C=O) groups is 3. The number of aryl methyl sites for hydroxylation is 1. The minimum Gasteiger partial charge on any atom is -0.480 e. The molecule has 0 heterocycles. The van der Waals surface area contributed by atoms with E-state index >= 15 is 0 Å². The molecular weight excluding hydrogens is 617 g/mol. The highest BCUT2D eigenvalue weighted by Gasteiger charge is 2.32. The molecule has 0 fully saturated rings. The average Bonchev–Trinajstić information content (AvgIpc) is 3.02. The summed E-state index contributed by atoms with van der Waals surface area (Å²) < 4.78 is 29.8. The van der Waals surface area contributed by atoms with Crippen molar-refractivity contribution >= 4 is 25.7 Å². The zero-order chi connectivity index (χ0) is 34.0. The van der Waals surface area contributed by atoms with E-state index in [1.54, 1.807) is 4.90 Å². The summed E-state index contributed by atoms with van der Waals surface area (Å²) in [5.74, 6) is -3.50. The lowest BCUT2D eigenvalue weighted by molar-refractivity contribution is -0.144. The molecule has 256 valence electrons. The molecule has 0 amide bonds. The number of carboxylic acids is 3. The lowest BCUT2D eigenvalue weighted by atomic mass is 10.0. The van der Waals surface area contributed by atoms with Gasteiger partial charge in [0.05, 0.1) is 32.8 Å². The number of likely N-dealkylation sites (N-methyl/N-ethyl adjacent to an activating group) is 1. The summed E-state index contributed by atoms with van der Waals surface area (Å²) in [5.41, 5.74) is 1.97. The van der Waals surface area contributed by atoms with Gasteiger partial charge in [-0.3, -0.25) is 42.7 Å². The molecule has 0 radical (unpaired) electrons. The highest BCUT2D eigenvalue weighted by molar-refractivity contribution is 7.48. The van der Waals surface area contributed by atoms with Gasteiger partial charge in [0.2, 0.25) is 0 Å². The van der Waals surface area contributed by atoms with Gasteiger partial charge in [0.15, 0.2) is 0 Å². The van der Waals surface area contributed by atoms with Crippen LogP contribution in [-0.4, -0.2) is 126 Å². The standard InChI is InChI=1S/C32H48N3O10P/c1-4-34(5-2)29(25-45-46(42,43-3)44-18-12-17-26-13-8-6-9-14-26)21-33(22-30(36)37)20-28(19-27-15-10-7-11-16-27)35(23-31(38)39)24-32(40)41/h6-11,13-16,28-29H,4-5,12,17-25H2,1-3H3,(H,36,37)(H,38,39)(H,40,41). The second-order valence-corrected chi connectivity index (χ2v) is 12.6. The van der Waals surface area contributed by atoms with Crippen molar-refractivity contribution in [2.24, 2.45) is 0 Å². The van der Waals surface area contributed by atoms with E-state index in [0.717, 1.165) is 17.5 Å². The van der Waals surface area contributed by atoms with Gasteiger partial charge in [-0.15, -0.1) is 0 Å². The number of nitrogens with zero attached hydrogens (tertiary/aromatic N) is 3. The second-order valence-electron chi connectivity index (χ2n) is 10.8. The minimum absolute atomic E-state index is 0.0530. The predicted octanol–water partition coefficient (Wildman–Crippen LogP) is 3.59. The molecule has 0 saturated heterocycles. The number of rotatable bonds is 25. The van der Waals surface area contributed by atoms with Crippen LogP contribution >= 0.6 is 7.82 Å². The first-order valence-electron chi connectivity index (χ1n) is 15.4. The summed E-state index contributed by atoms with van der Waals surface area (Å²) in [6.45, 7) is 3.82. The number of phosphoric acid groups is 1. The number of hydrogen-bond acceptors (Lipinski definition) is 10. The summed E-state index contributed by atoms with van der Waals surface area (Å²) in [7, 11) is -2.68. The summed E-state index contributed by atoms with van der Waals surface area (Å²) in [5, 5.41) is 28.9. The van der Waals surface area contributed by atoms with E-state index in [-0.39, 0.29) is 26.3 Å². The Morgan fingerprint density at radius 2 is 1.26 bits per heavy atom. The second kappa shape index (κ2) is 20.9. The Morgan fingerprint density at radius 1 is 0.739 bits per heavy atom. The molecule has 46 heavy (non-hydrogen) atoms. The Labute approximate surface area is 271 Å². The van der Waals surface area contributed by atoms with Crippen LogP contribution < -0.4 is 0 Å². The lowest BCUT2D eigenvalue weighted by Crippen LogP contribution is -2.53. The number of phosphoric ester groups is 1. The van der Waals surface area contributed by atoms with Crippen molar-refractivity contribution in [1.29, 1.82) is 0 Å². The normalized spacial score (nSPS) is 14.3. The van der Waals surface area contributed by atoms with Gasteiger partial charge in [0.1, 0.15) is 0 Å². The number of aliphatic carboxylic acids is 3. The maximum atomic E-state index is 13.3. The molecule has 0 aliphatic rings. The van der Waals surface area contributed by atoms with Crippen molar-refractivity contribution in [2.45, 2.75) is 45.2 Å². The topological polar surface area (TPSA) is 166 Å². The molecule has 0 saturated carbocycles. The zero-order valence-electron chi connectivity index (χ0n) is 26.9. The molecule has 0 aliphatic carbocycles. The largest absolute Gasteiger partial charge is 0.480 e. The third-order valence-corrected chi connectivity index (χ3v) is 8.89. The van der Waals surface area contributed by atoms with E-state index in [9.17, 15) is 34.3 Å². The van der Waals surface area contributed by atoms with Crippen molar-refractivity contribution < 1.29 is 47.8 Å². The Bertz CT molecular complexity index is 1220. The fourth-order valence-electron chi connectivity index (χ4n) is 5.28. The van der Waals surface area contributed by atoms with E-state index in [0.29, 0.717) is 25.9 Å². The molecule has 3 N–H and O–H groups in total. The number of carboxylic acid groups (broad SMARTS) is 3. The third kappa shape index (κ3) is 15.0. The molecule has 3 unspecified atom stereocenters. The summed E-state index contributed by atoms with van der Waals surface area (Å²) in [4.78, 5) is 40.4. The Hall–Kier alpha value is -3.16. The zero-order valence-corrected chi connectivity index (χ0v) is 27.8. The highest BCUT2D eigenvalue weighted by Crippen LogP contribution is 2.48.